The summed E-state index contributed by atoms with van der Waals surface area (Å²) in [5.74, 6) is -1.05. The molecule has 1 aliphatic heterocycles. The summed E-state index contributed by atoms with van der Waals surface area (Å²) >= 11 is 0.930. The summed E-state index contributed by atoms with van der Waals surface area (Å²) in [6.07, 6.45) is 3.61. The number of amides is 2. The number of fused-ring (bicyclic) bond motifs is 1. The number of rotatable bonds is 6. The van der Waals surface area contributed by atoms with Gasteiger partial charge >= 0.3 is 5.97 Å². The van der Waals surface area contributed by atoms with Crippen molar-refractivity contribution in [3.8, 4) is 0 Å². The number of furan rings is 1. The Morgan fingerprint density at radius 2 is 1.73 bits per heavy atom. The van der Waals surface area contributed by atoms with Crippen molar-refractivity contribution in [2.45, 2.75) is 13.1 Å². The third kappa shape index (κ3) is 4.08. The van der Waals surface area contributed by atoms with Crippen molar-refractivity contribution in [2.75, 3.05) is 0 Å². The lowest BCUT2D eigenvalue weighted by Crippen LogP contribution is -2.27. The molecule has 1 aliphatic rings. The lowest BCUT2D eigenvalue weighted by Gasteiger charge is -2.12. The number of imide groups is 1. The zero-order chi connectivity index (χ0) is 22.9. The second-order valence-corrected chi connectivity index (χ2v) is 8.55. The molecule has 7 nitrogen and oxygen atoms in total. The predicted octanol–water partition coefficient (Wildman–Crippen LogP) is 5.22. The van der Waals surface area contributed by atoms with Crippen LogP contribution in [0.25, 0.3) is 17.0 Å². The van der Waals surface area contributed by atoms with E-state index in [9.17, 15) is 14.4 Å². The SMILES string of the molecule is O=C(O)c1ccc(Cn2cc(/C=C3\SC(=O)N(Cc4ccccc4)C3=O)c3ccccc32)o1. The van der Waals surface area contributed by atoms with Crippen molar-refractivity contribution in [3.05, 3.63) is 100 Å². The van der Waals surface area contributed by atoms with Crippen molar-refractivity contribution in [1.82, 2.24) is 9.47 Å². The molecular formula is C25H18N2O5S. The van der Waals surface area contributed by atoms with Crippen molar-refractivity contribution in [1.29, 1.82) is 0 Å². The second kappa shape index (κ2) is 8.48. The Morgan fingerprint density at radius 1 is 0.970 bits per heavy atom. The number of benzene rings is 2. The summed E-state index contributed by atoms with van der Waals surface area (Å²) in [7, 11) is 0. The van der Waals surface area contributed by atoms with Crippen LogP contribution in [0.5, 0.6) is 0 Å². The van der Waals surface area contributed by atoms with Crippen molar-refractivity contribution in [2.24, 2.45) is 0 Å². The van der Waals surface area contributed by atoms with Crippen LogP contribution in [-0.4, -0.2) is 31.7 Å². The lowest BCUT2D eigenvalue weighted by atomic mass is 10.1. The summed E-state index contributed by atoms with van der Waals surface area (Å²) in [5.41, 5.74) is 2.58. The Balaban J connectivity index is 1.45. The highest BCUT2D eigenvalue weighted by Gasteiger charge is 2.35. The number of carbonyl (C=O) groups excluding carboxylic acids is 2. The first-order valence-corrected chi connectivity index (χ1v) is 11.0. The van der Waals surface area contributed by atoms with Crippen LogP contribution < -0.4 is 0 Å². The largest absolute Gasteiger partial charge is 0.475 e. The normalized spacial score (nSPS) is 15.2. The van der Waals surface area contributed by atoms with Crippen LogP contribution in [0.3, 0.4) is 0 Å². The van der Waals surface area contributed by atoms with Gasteiger partial charge < -0.3 is 14.1 Å². The van der Waals surface area contributed by atoms with Gasteiger partial charge in [0.2, 0.25) is 5.76 Å². The minimum atomic E-state index is -1.12. The van der Waals surface area contributed by atoms with E-state index in [2.05, 4.69) is 0 Å². The molecule has 8 heteroatoms. The number of carboxylic acid groups (broad SMARTS) is 1. The average molecular weight is 458 g/mol. The highest BCUT2D eigenvalue weighted by molar-refractivity contribution is 8.18. The minimum Gasteiger partial charge on any atom is -0.475 e. The maximum atomic E-state index is 13.0. The molecule has 0 spiro atoms. The Bertz CT molecular complexity index is 1420. The Kier molecular flexibility index (Phi) is 5.35. The number of carboxylic acids is 1. The fourth-order valence-corrected chi connectivity index (χ4v) is 4.64. The number of aromatic carboxylic acids is 1. The van der Waals surface area contributed by atoms with Gasteiger partial charge in [0.1, 0.15) is 5.76 Å². The van der Waals surface area contributed by atoms with Gasteiger partial charge in [0, 0.05) is 22.7 Å². The first-order valence-electron chi connectivity index (χ1n) is 10.2. The van der Waals surface area contributed by atoms with Gasteiger partial charge in [-0.3, -0.25) is 14.5 Å². The maximum Gasteiger partial charge on any atom is 0.371 e. The standard InChI is InChI=1S/C25H18N2O5S/c28-23-22(33-25(31)27(23)13-16-6-2-1-3-7-16)12-17-14-26(20-9-5-4-8-19(17)20)15-18-10-11-21(32-18)24(29)30/h1-12,14H,13,15H2,(H,29,30)/b22-12-. The van der Waals surface area contributed by atoms with Crippen LogP contribution in [0, 0.1) is 0 Å². The first-order chi connectivity index (χ1) is 16.0. The summed E-state index contributed by atoms with van der Waals surface area (Å²) in [6.45, 7) is 0.562. The number of hydrogen-bond acceptors (Lipinski definition) is 5. The van der Waals surface area contributed by atoms with Crippen LogP contribution in [0.15, 0.2) is 82.2 Å². The lowest BCUT2D eigenvalue weighted by molar-refractivity contribution is -0.123. The van der Waals surface area contributed by atoms with Gasteiger partial charge in [-0.1, -0.05) is 48.5 Å². The molecule has 2 amide bonds. The average Bonchev–Trinajstić information content (AvgIpc) is 3.49. The fraction of sp³-hybridized carbons (Fsp3) is 0.0800. The summed E-state index contributed by atoms with van der Waals surface area (Å²) in [4.78, 5) is 38.2. The molecule has 0 bridgehead atoms. The number of carbonyl (C=O) groups is 3. The van der Waals surface area contributed by atoms with Gasteiger partial charge in [-0.15, -0.1) is 0 Å². The van der Waals surface area contributed by atoms with E-state index in [-0.39, 0.29) is 23.5 Å². The van der Waals surface area contributed by atoms with E-state index in [1.807, 2.05) is 65.4 Å². The number of aromatic nitrogens is 1. The Hall–Kier alpha value is -4.04. The van der Waals surface area contributed by atoms with E-state index < -0.39 is 5.97 Å². The van der Waals surface area contributed by atoms with Crippen LogP contribution >= 0.6 is 11.8 Å². The molecule has 0 atom stereocenters. The molecule has 0 saturated carbocycles. The molecule has 0 radical (unpaired) electrons. The van der Waals surface area contributed by atoms with Gasteiger partial charge in [-0.2, -0.15) is 0 Å². The highest BCUT2D eigenvalue weighted by Crippen LogP contribution is 2.35. The van der Waals surface area contributed by atoms with Crippen LogP contribution in [0.1, 0.15) is 27.4 Å². The molecule has 4 aromatic rings. The molecule has 2 aromatic carbocycles. The molecule has 3 heterocycles. The molecule has 164 valence electrons. The number of para-hydroxylation sites is 1. The summed E-state index contributed by atoms with van der Waals surface area (Å²) in [5, 5.41) is 9.70. The van der Waals surface area contributed by atoms with E-state index in [0.29, 0.717) is 17.2 Å². The number of nitrogens with zero attached hydrogens (tertiary/aromatic N) is 2. The minimum absolute atomic E-state index is 0.117. The molecule has 0 unspecified atom stereocenters. The quantitative estimate of drug-likeness (QED) is 0.399. The van der Waals surface area contributed by atoms with E-state index in [4.69, 9.17) is 9.52 Å². The van der Waals surface area contributed by atoms with Gasteiger partial charge in [-0.25, -0.2) is 4.79 Å². The molecular weight excluding hydrogens is 440 g/mol. The van der Waals surface area contributed by atoms with Gasteiger partial charge in [0.15, 0.2) is 0 Å². The van der Waals surface area contributed by atoms with E-state index >= 15 is 0 Å². The van der Waals surface area contributed by atoms with E-state index in [0.717, 1.165) is 33.8 Å². The zero-order valence-electron chi connectivity index (χ0n) is 17.3. The Labute approximate surface area is 192 Å². The fourth-order valence-electron chi connectivity index (χ4n) is 3.81. The molecule has 0 aliphatic carbocycles. The molecule has 1 N–H and O–H groups in total. The van der Waals surface area contributed by atoms with E-state index in [1.165, 1.54) is 11.0 Å². The van der Waals surface area contributed by atoms with Crippen molar-refractivity contribution in [3.63, 3.8) is 0 Å². The summed E-state index contributed by atoms with van der Waals surface area (Å²) in [6, 6.07) is 20.1. The van der Waals surface area contributed by atoms with Crippen LogP contribution in [-0.2, 0) is 17.9 Å². The van der Waals surface area contributed by atoms with E-state index in [1.54, 1.807) is 12.1 Å². The van der Waals surface area contributed by atoms with Crippen LogP contribution in [0.4, 0.5) is 4.79 Å². The van der Waals surface area contributed by atoms with Crippen molar-refractivity contribution >= 4 is 45.9 Å². The first kappa shape index (κ1) is 20.8. The second-order valence-electron chi connectivity index (χ2n) is 7.55. The molecule has 33 heavy (non-hydrogen) atoms. The van der Waals surface area contributed by atoms with Gasteiger partial charge in [-0.05, 0) is 41.6 Å². The monoisotopic (exact) mass is 458 g/mol. The molecule has 2 aromatic heterocycles. The number of thioether (sulfide) groups is 1. The third-order valence-electron chi connectivity index (χ3n) is 5.36. The Morgan fingerprint density at radius 3 is 2.48 bits per heavy atom. The predicted molar refractivity (Wildman–Crippen MR) is 125 cm³/mol. The molecule has 1 fully saturated rings. The maximum absolute atomic E-state index is 13.0. The zero-order valence-corrected chi connectivity index (χ0v) is 18.1. The molecule has 1 saturated heterocycles. The third-order valence-corrected chi connectivity index (χ3v) is 6.27. The number of hydrogen-bond donors (Lipinski definition) is 1. The highest BCUT2D eigenvalue weighted by atomic mass is 32.2. The topological polar surface area (TPSA) is 92.8 Å². The smallest absolute Gasteiger partial charge is 0.371 e. The molecule has 5 rings (SSSR count). The van der Waals surface area contributed by atoms with Crippen molar-refractivity contribution < 1.29 is 23.9 Å². The van der Waals surface area contributed by atoms with Gasteiger partial charge in [0.05, 0.1) is 18.0 Å². The van der Waals surface area contributed by atoms with Gasteiger partial charge in [0.25, 0.3) is 11.1 Å². The van der Waals surface area contributed by atoms with Crippen LogP contribution in [0.2, 0.25) is 0 Å². The summed E-state index contributed by atoms with van der Waals surface area (Å²) < 4.78 is 7.33.